The Morgan fingerprint density at radius 1 is 0.884 bits per heavy atom. The van der Waals surface area contributed by atoms with Crippen LogP contribution < -0.4 is 4.74 Å². The third-order valence-corrected chi connectivity index (χ3v) is 10.6. The van der Waals surface area contributed by atoms with Gasteiger partial charge >= 0.3 is 0 Å². The highest BCUT2D eigenvalue weighted by molar-refractivity contribution is 7.91. The number of carbonyl (C=O) groups excluding carboxylic acids is 1. The van der Waals surface area contributed by atoms with Gasteiger partial charge in [0.1, 0.15) is 5.75 Å². The molecule has 1 saturated heterocycles. The third kappa shape index (κ3) is 8.68. The van der Waals surface area contributed by atoms with Gasteiger partial charge in [-0.1, -0.05) is 36.4 Å². The Hall–Kier alpha value is -3.21. The summed E-state index contributed by atoms with van der Waals surface area (Å²) in [5, 5.41) is 0. The second-order valence-electron chi connectivity index (χ2n) is 11.3. The number of hydrogen-bond acceptors (Lipinski definition) is 7. The van der Waals surface area contributed by atoms with E-state index in [0.717, 1.165) is 61.3 Å². The van der Waals surface area contributed by atoms with Gasteiger partial charge in [0.25, 0.3) is 0 Å². The quantitative estimate of drug-likeness (QED) is 0.290. The van der Waals surface area contributed by atoms with Crippen molar-refractivity contribution in [3.05, 3.63) is 89.5 Å². The molecule has 0 N–H and O–H groups in total. The second kappa shape index (κ2) is 14.1. The van der Waals surface area contributed by atoms with Crippen molar-refractivity contribution in [2.75, 3.05) is 45.8 Å². The summed E-state index contributed by atoms with van der Waals surface area (Å²) >= 11 is 0. The van der Waals surface area contributed by atoms with Crippen molar-refractivity contribution in [3.8, 4) is 5.75 Å². The molecule has 0 unspecified atom stereocenters. The van der Waals surface area contributed by atoms with Gasteiger partial charge in [-0.15, -0.1) is 0 Å². The SMILES string of the molecule is CCN(C(=O)Cc1ccc(S(C)(=O)=O)cc1)C1CCN(CC[C@H](c2ccc(S(C)(=O)=O)cc2)c2cccc(OC)c2)CC1. The van der Waals surface area contributed by atoms with Gasteiger partial charge in [-0.2, -0.15) is 0 Å². The summed E-state index contributed by atoms with van der Waals surface area (Å²) in [6, 6.07) is 21.9. The van der Waals surface area contributed by atoms with Crippen molar-refractivity contribution >= 4 is 25.6 Å². The van der Waals surface area contributed by atoms with E-state index >= 15 is 0 Å². The first kappa shape index (κ1) is 32.7. The Bertz CT molecular complexity index is 1600. The lowest BCUT2D eigenvalue weighted by Crippen LogP contribution is -2.48. The van der Waals surface area contributed by atoms with Gasteiger partial charge in [0.05, 0.1) is 23.3 Å². The Balaban J connectivity index is 1.38. The van der Waals surface area contributed by atoms with Gasteiger partial charge in [0.2, 0.25) is 5.91 Å². The first-order valence-electron chi connectivity index (χ1n) is 14.6. The molecule has 3 aromatic carbocycles. The van der Waals surface area contributed by atoms with Crippen molar-refractivity contribution in [3.63, 3.8) is 0 Å². The number of ether oxygens (including phenoxy) is 1. The predicted octanol–water partition coefficient (Wildman–Crippen LogP) is 4.58. The van der Waals surface area contributed by atoms with Gasteiger partial charge < -0.3 is 14.5 Å². The molecule has 1 fully saturated rings. The van der Waals surface area contributed by atoms with Crippen LogP contribution in [0.4, 0.5) is 0 Å². The minimum atomic E-state index is -3.27. The fourth-order valence-electron chi connectivity index (χ4n) is 5.87. The number of amides is 1. The monoisotopic (exact) mass is 626 g/mol. The topological polar surface area (TPSA) is 101 Å². The largest absolute Gasteiger partial charge is 0.497 e. The van der Waals surface area contributed by atoms with Crippen molar-refractivity contribution in [1.82, 2.24) is 9.80 Å². The zero-order valence-electron chi connectivity index (χ0n) is 25.4. The summed E-state index contributed by atoms with van der Waals surface area (Å²) in [5.41, 5.74) is 2.98. The van der Waals surface area contributed by atoms with Crippen LogP contribution in [-0.4, -0.2) is 84.4 Å². The Morgan fingerprint density at radius 2 is 1.47 bits per heavy atom. The summed E-state index contributed by atoms with van der Waals surface area (Å²) in [7, 11) is -4.89. The Labute approximate surface area is 256 Å². The third-order valence-electron chi connectivity index (χ3n) is 8.31. The van der Waals surface area contributed by atoms with Crippen molar-refractivity contribution in [2.45, 2.75) is 54.4 Å². The molecule has 0 aromatic heterocycles. The Kier molecular flexibility index (Phi) is 10.7. The van der Waals surface area contributed by atoms with E-state index in [-0.39, 0.29) is 29.2 Å². The number of carbonyl (C=O) groups is 1. The minimum absolute atomic E-state index is 0.0590. The van der Waals surface area contributed by atoms with Crippen molar-refractivity contribution < 1.29 is 26.4 Å². The number of likely N-dealkylation sites (tertiary alicyclic amines) is 1. The number of rotatable bonds is 12. The highest BCUT2D eigenvalue weighted by atomic mass is 32.2. The van der Waals surface area contributed by atoms with E-state index in [4.69, 9.17) is 4.74 Å². The number of piperidine rings is 1. The molecule has 232 valence electrons. The maximum atomic E-state index is 13.2. The van der Waals surface area contributed by atoms with E-state index in [1.165, 1.54) is 12.5 Å². The molecule has 4 rings (SSSR count). The fraction of sp³-hybridized carbons (Fsp3) is 0.424. The molecule has 8 nitrogen and oxygen atoms in total. The van der Waals surface area contributed by atoms with E-state index in [2.05, 4.69) is 11.0 Å². The molecule has 1 heterocycles. The molecule has 1 aliphatic heterocycles. The molecule has 0 radical (unpaired) electrons. The van der Waals surface area contributed by atoms with Crippen LogP contribution in [0.5, 0.6) is 5.75 Å². The highest BCUT2D eigenvalue weighted by Gasteiger charge is 2.28. The van der Waals surface area contributed by atoms with Crippen molar-refractivity contribution in [2.24, 2.45) is 0 Å². The summed E-state index contributed by atoms with van der Waals surface area (Å²) in [6.45, 7) is 5.27. The molecular weight excluding hydrogens is 585 g/mol. The first-order chi connectivity index (χ1) is 20.4. The van der Waals surface area contributed by atoms with Gasteiger partial charge in [0.15, 0.2) is 19.7 Å². The lowest BCUT2D eigenvalue weighted by Gasteiger charge is -2.38. The van der Waals surface area contributed by atoms with E-state index in [1.54, 1.807) is 43.5 Å². The molecule has 0 saturated carbocycles. The molecule has 1 amide bonds. The predicted molar refractivity (Wildman–Crippen MR) is 169 cm³/mol. The average molecular weight is 627 g/mol. The number of benzene rings is 3. The molecule has 43 heavy (non-hydrogen) atoms. The van der Waals surface area contributed by atoms with Gasteiger partial charge in [-0.3, -0.25) is 4.79 Å². The second-order valence-corrected chi connectivity index (χ2v) is 15.3. The van der Waals surface area contributed by atoms with E-state index in [1.807, 2.05) is 42.2 Å². The Morgan fingerprint density at radius 3 is 2.00 bits per heavy atom. The van der Waals surface area contributed by atoms with Crippen LogP contribution in [0.25, 0.3) is 0 Å². The van der Waals surface area contributed by atoms with Crippen molar-refractivity contribution in [1.29, 1.82) is 0 Å². The maximum absolute atomic E-state index is 13.2. The van der Waals surface area contributed by atoms with Crippen LogP contribution in [0.2, 0.25) is 0 Å². The zero-order valence-corrected chi connectivity index (χ0v) is 27.0. The number of likely N-dealkylation sites (N-methyl/N-ethyl adjacent to an activating group) is 1. The van der Waals surface area contributed by atoms with Crippen LogP contribution in [-0.2, 0) is 30.9 Å². The summed E-state index contributed by atoms with van der Waals surface area (Å²) in [4.78, 5) is 18.2. The lowest BCUT2D eigenvalue weighted by atomic mass is 9.88. The number of nitrogens with zero attached hydrogens (tertiary/aromatic N) is 2. The molecule has 0 aliphatic carbocycles. The standard InChI is InChI=1S/C33H42N2O6S2/c1-5-35(33(36)23-25-9-13-30(14-10-25)42(3,37)38)28-17-20-34(21-18-28)22-19-32(27-7-6-8-29(24-27)41-2)26-11-15-31(16-12-26)43(4,39)40/h6-16,24,28,32H,5,17-23H2,1-4H3/t32-/m1/s1. The average Bonchev–Trinajstić information content (AvgIpc) is 2.98. The number of sulfone groups is 2. The molecule has 10 heteroatoms. The summed E-state index contributed by atoms with van der Waals surface area (Å²) < 4.78 is 53.0. The van der Waals surface area contributed by atoms with Gasteiger partial charge in [0, 0.05) is 44.1 Å². The molecule has 1 aliphatic rings. The minimum Gasteiger partial charge on any atom is -0.497 e. The normalized spacial score (nSPS) is 15.6. The molecule has 0 bridgehead atoms. The summed E-state index contributed by atoms with van der Waals surface area (Å²) in [6.07, 6.45) is 5.28. The molecule has 3 aromatic rings. The fourth-order valence-corrected chi connectivity index (χ4v) is 7.13. The van der Waals surface area contributed by atoms with E-state index in [0.29, 0.717) is 11.4 Å². The van der Waals surface area contributed by atoms with Crippen LogP contribution in [0.3, 0.4) is 0 Å². The number of hydrogen-bond donors (Lipinski definition) is 0. The first-order valence-corrected chi connectivity index (χ1v) is 18.4. The highest BCUT2D eigenvalue weighted by Crippen LogP contribution is 2.32. The molecule has 0 spiro atoms. The number of methoxy groups -OCH3 is 1. The van der Waals surface area contributed by atoms with E-state index < -0.39 is 19.7 Å². The lowest BCUT2D eigenvalue weighted by molar-refractivity contribution is -0.133. The van der Waals surface area contributed by atoms with Crippen LogP contribution in [0.1, 0.15) is 48.8 Å². The molecule has 1 atom stereocenters. The summed E-state index contributed by atoms with van der Waals surface area (Å²) in [5.74, 6) is 0.916. The van der Waals surface area contributed by atoms with Gasteiger partial charge in [-0.05, 0) is 85.8 Å². The maximum Gasteiger partial charge on any atom is 0.227 e. The van der Waals surface area contributed by atoms with Crippen LogP contribution >= 0.6 is 0 Å². The van der Waals surface area contributed by atoms with E-state index in [9.17, 15) is 21.6 Å². The zero-order chi connectivity index (χ0) is 31.2. The van der Waals surface area contributed by atoms with Crippen LogP contribution in [0, 0.1) is 0 Å². The smallest absolute Gasteiger partial charge is 0.227 e. The van der Waals surface area contributed by atoms with Crippen LogP contribution in [0.15, 0.2) is 82.6 Å². The molecular formula is C33H42N2O6S2. The van der Waals surface area contributed by atoms with Gasteiger partial charge in [-0.25, -0.2) is 16.8 Å².